The Morgan fingerprint density at radius 2 is 1.57 bits per heavy atom. The summed E-state index contributed by atoms with van der Waals surface area (Å²) >= 11 is 0. The molecule has 3 rings (SSSR count). The zero-order valence-corrected chi connectivity index (χ0v) is 17.5. The highest BCUT2D eigenvalue weighted by Gasteiger charge is 2.36. The van der Waals surface area contributed by atoms with Crippen molar-refractivity contribution in [3.05, 3.63) is 65.2 Å². The normalized spacial score (nSPS) is 20.0. The van der Waals surface area contributed by atoms with Crippen molar-refractivity contribution in [2.75, 3.05) is 17.0 Å². The molecule has 148 valence electrons. The van der Waals surface area contributed by atoms with Crippen LogP contribution in [0.2, 0.25) is 0 Å². The van der Waals surface area contributed by atoms with Crippen LogP contribution in [0.25, 0.3) is 0 Å². The molecule has 2 atom stereocenters. The predicted octanol–water partition coefficient (Wildman–Crippen LogP) is 3.66. The number of hydrazone groups is 1. The van der Waals surface area contributed by atoms with Gasteiger partial charge in [-0.1, -0.05) is 47.5 Å². The third-order valence-electron chi connectivity index (χ3n) is 5.03. The van der Waals surface area contributed by atoms with Crippen LogP contribution in [0.5, 0.6) is 0 Å². The summed E-state index contributed by atoms with van der Waals surface area (Å²) in [6, 6.07) is 15.4. The Balaban J connectivity index is 2.09. The summed E-state index contributed by atoms with van der Waals surface area (Å²) in [4.78, 5) is 12.4. The van der Waals surface area contributed by atoms with Crippen LogP contribution in [-0.2, 0) is 14.6 Å². The molecule has 0 fully saturated rings. The van der Waals surface area contributed by atoms with E-state index in [4.69, 9.17) is 0 Å². The number of aryl methyl sites for hydroxylation is 2. The Morgan fingerprint density at radius 1 is 1.04 bits per heavy atom. The lowest BCUT2D eigenvalue weighted by molar-refractivity contribution is -0.111. The highest BCUT2D eigenvalue weighted by Crippen LogP contribution is 2.34. The van der Waals surface area contributed by atoms with Gasteiger partial charge in [0.05, 0.1) is 17.5 Å². The lowest BCUT2D eigenvalue weighted by Crippen LogP contribution is -2.45. The Labute approximate surface area is 167 Å². The topological polar surface area (TPSA) is 66.8 Å². The zero-order chi connectivity index (χ0) is 20.5. The van der Waals surface area contributed by atoms with Crippen molar-refractivity contribution >= 4 is 27.0 Å². The summed E-state index contributed by atoms with van der Waals surface area (Å²) in [6.07, 6.45) is 1.76. The maximum Gasteiger partial charge on any atom is 0.176 e. The highest BCUT2D eigenvalue weighted by molar-refractivity contribution is 7.90. The van der Waals surface area contributed by atoms with E-state index in [1.807, 2.05) is 62.4 Å². The molecule has 0 saturated heterocycles. The standard InChI is InChI=1S/C22H26N2O3S/c1-15-5-9-18(10-6-15)21-13-20(14-28(4,26)27)24(23-22(21)17(3)25)19-11-7-16(2)8-12-19/h5-12,20-21H,13-14H2,1-4H3. The van der Waals surface area contributed by atoms with Gasteiger partial charge in [-0.15, -0.1) is 0 Å². The largest absolute Gasteiger partial charge is 0.293 e. The molecule has 0 aromatic heterocycles. The Kier molecular flexibility index (Phi) is 5.70. The van der Waals surface area contributed by atoms with Gasteiger partial charge in [0.25, 0.3) is 0 Å². The molecule has 0 spiro atoms. The van der Waals surface area contributed by atoms with Crippen LogP contribution in [0.1, 0.15) is 36.0 Å². The molecule has 2 aromatic carbocycles. The third-order valence-corrected chi connectivity index (χ3v) is 6.02. The fraction of sp³-hybridized carbons (Fsp3) is 0.364. The van der Waals surface area contributed by atoms with Gasteiger partial charge in [0.1, 0.15) is 15.5 Å². The average Bonchev–Trinajstić information content (AvgIpc) is 2.61. The van der Waals surface area contributed by atoms with Gasteiger partial charge >= 0.3 is 0 Å². The van der Waals surface area contributed by atoms with Crippen LogP contribution < -0.4 is 5.01 Å². The van der Waals surface area contributed by atoms with Gasteiger partial charge in [-0.2, -0.15) is 5.10 Å². The van der Waals surface area contributed by atoms with Crippen LogP contribution >= 0.6 is 0 Å². The number of sulfone groups is 1. The maximum atomic E-state index is 12.4. The number of hydrogen-bond donors (Lipinski definition) is 0. The second kappa shape index (κ2) is 7.87. The molecule has 0 bridgehead atoms. The lowest BCUT2D eigenvalue weighted by atomic mass is 9.85. The van der Waals surface area contributed by atoms with Crippen molar-refractivity contribution in [3.8, 4) is 0 Å². The van der Waals surface area contributed by atoms with Crippen molar-refractivity contribution in [1.29, 1.82) is 0 Å². The summed E-state index contributed by atoms with van der Waals surface area (Å²) in [7, 11) is -3.22. The molecule has 0 amide bonds. The van der Waals surface area contributed by atoms with E-state index in [-0.39, 0.29) is 23.5 Å². The highest BCUT2D eigenvalue weighted by atomic mass is 32.2. The number of carbonyl (C=O) groups is 1. The maximum absolute atomic E-state index is 12.4. The number of benzene rings is 2. The first-order valence-corrected chi connectivity index (χ1v) is 11.4. The lowest BCUT2D eigenvalue weighted by Gasteiger charge is -2.37. The SMILES string of the molecule is CC(=O)C1=NN(c2ccc(C)cc2)C(CS(C)(=O)=O)CC1c1ccc(C)cc1. The molecule has 0 N–H and O–H groups in total. The molecule has 1 aliphatic rings. The minimum Gasteiger partial charge on any atom is -0.293 e. The first-order valence-electron chi connectivity index (χ1n) is 9.33. The van der Waals surface area contributed by atoms with E-state index in [9.17, 15) is 13.2 Å². The minimum atomic E-state index is -3.22. The fourth-order valence-electron chi connectivity index (χ4n) is 3.61. The molecule has 0 saturated carbocycles. The quantitative estimate of drug-likeness (QED) is 0.771. The third kappa shape index (κ3) is 4.68. The van der Waals surface area contributed by atoms with Gasteiger partial charge in [0.2, 0.25) is 0 Å². The van der Waals surface area contributed by atoms with Crippen molar-refractivity contribution in [1.82, 2.24) is 0 Å². The molecule has 5 nitrogen and oxygen atoms in total. The number of anilines is 1. The smallest absolute Gasteiger partial charge is 0.176 e. The minimum absolute atomic E-state index is 0.0159. The van der Waals surface area contributed by atoms with Crippen LogP contribution in [0.4, 0.5) is 5.69 Å². The molecule has 2 unspecified atom stereocenters. The van der Waals surface area contributed by atoms with Crippen molar-refractivity contribution in [2.24, 2.45) is 5.10 Å². The van der Waals surface area contributed by atoms with Crippen LogP contribution in [-0.4, -0.2) is 38.0 Å². The van der Waals surface area contributed by atoms with E-state index in [2.05, 4.69) is 5.10 Å². The molecule has 28 heavy (non-hydrogen) atoms. The average molecular weight is 399 g/mol. The number of hydrogen-bond acceptors (Lipinski definition) is 5. The molecule has 0 radical (unpaired) electrons. The number of ketones is 1. The second-order valence-corrected chi connectivity index (χ2v) is 9.85. The molecule has 1 heterocycles. The van der Waals surface area contributed by atoms with Crippen LogP contribution in [0.15, 0.2) is 53.6 Å². The summed E-state index contributed by atoms with van der Waals surface area (Å²) < 4.78 is 24.2. The molecule has 6 heteroatoms. The van der Waals surface area contributed by atoms with E-state index < -0.39 is 9.84 Å². The van der Waals surface area contributed by atoms with Crippen molar-refractivity contribution in [2.45, 2.75) is 39.2 Å². The summed E-state index contributed by atoms with van der Waals surface area (Å²) in [6.45, 7) is 5.52. The van der Waals surface area contributed by atoms with Crippen molar-refractivity contribution < 1.29 is 13.2 Å². The number of carbonyl (C=O) groups excluding carboxylic acids is 1. The second-order valence-electron chi connectivity index (χ2n) is 7.67. The van der Waals surface area contributed by atoms with E-state index in [0.29, 0.717) is 12.1 Å². The molecular formula is C22H26N2O3S. The number of nitrogens with zero attached hydrogens (tertiary/aromatic N) is 2. The van der Waals surface area contributed by atoms with E-state index in [1.54, 1.807) is 5.01 Å². The molecular weight excluding hydrogens is 372 g/mol. The van der Waals surface area contributed by atoms with Gasteiger partial charge in [-0.3, -0.25) is 9.80 Å². The number of rotatable bonds is 5. The van der Waals surface area contributed by atoms with Gasteiger partial charge in [0, 0.05) is 19.1 Å². The summed E-state index contributed by atoms with van der Waals surface area (Å²) in [5, 5.41) is 6.37. The number of Topliss-reactive ketones (excluding diaryl/α,β-unsaturated/α-hetero) is 1. The first kappa shape index (κ1) is 20.3. The van der Waals surface area contributed by atoms with Gasteiger partial charge in [0.15, 0.2) is 5.78 Å². The molecule has 1 aliphatic heterocycles. The van der Waals surface area contributed by atoms with Crippen LogP contribution in [0, 0.1) is 13.8 Å². The Hall–Kier alpha value is -2.47. The summed E-state index contributed by atoms with van der Waals surface area (Å²) in [5.41, 5.74) is 4.49. The monoisotopic (exact) mass is 398 g/mol. The van der Waals surface area contributed by atoms with Crippen molar-refractivity contribution in [3.63, 3.8) is 0 Å². The van der Waals surface area contributed by atoms with E-state index >= 15 is 0 Å². The predicted molar refractivity (Wildman–Crippen MR) is 114 cm³/mol. The fourth-order valence-corrected chi connectivity index (χ4v) is 4.59. The Morgan fingerprint density at radius 3 is 2.07 bits per heavy atom. The first-order chi connectivity index (χ1) is 13.1. The van der Waals surface area contributed by atoms with E-state index in [1.165, 1.54) is 13.2 Å². The van der Waals surface area contributed by atoms with Gasteiger partial charge < -0.3 is 0 Å². The van der Waals surface area contributed by atoms with Crippen LogP contribution in [0.3, 0.4) is 0 Å². The molecule has 0 aliphatic carbocycles. The van der Waals surface area contributed by atoms with Gasteiger partial charge in [-0.05, 0) is 38.0 Å². The zero-order valence-electron chi connectivity index (χ0n) is 16.7. The van der Waals surface area contributed by atoms with Gasteiger partial charge in [-0.25, -0.2) is 8.42 Å². The molecule has 2 aromatic rings. The Bertz CT molecular complexity index is 993. The van der Waals surface area contributed by atoms with E-state index in [0.717, 1.165) is 22.4 Å². The summed E-state index contributed by atoms with van der Waals surface area (Å²) in [5.74, 6) is -0.329.